The molecule has 1 saturated heterocycles. The number of amides is 1. The Hall–Kier alpha value is -2.57. The number of hydrogen-bond acceptors (Lipinski definition) is 5. The van der Waals surface area contributed by atoms with Crippen LogP contribution in [0.5, 0.6) is 5.75 Å². The van der Waals surface area contributed by atoms with Gasteiger partial charge in [-0.1, -0.05) is 5.16 Å². The molecule has 22 heavy (non-hydrogen) atoms. The predicted octanol–water partition coefficient (Wildman–Crippen LogP) is 0.894. The molecule has 0 radical (unpaired) electrons. The lowest BCUT2D eigenvalue weighted by atomic mass is 10.1. The molecule has 116 valence electrons. The number of rotatable bonds is 3. The van der Waals surface area contributed by atoms with Gasteiger partial charge in [0.05, 0.1) is 13.1 Å². The summed E-state index contributed by atoms with van der Waals surface area (Å²) in [5.41, 5.74) is 1.02. The van der Waals surface area contributed by atoms with Gasteiger partial charge in [-0.2, -0.15) is 0 Å². The molecule has 1 aliphatic heterocycles. The number of pyridine rings is 1. The fourth-order valence-corrected chi connectivity index (χ4v) is 2.30. The summed E-state index contributed by atoms with van der Waals surface area (Å²) in [5, 5.41) is 3.71. The number of ether oxygens (including phenoxy) is 1. The minimum atomic E-state index is -0.170. The van der Waals surface area contributed by atoms with Crippen molar-refractivity contribution in [2.75, 3.05) is 13.1 Å². The number of aryl methyl sites for hydroxylation is 2. The minimum absolute atomic E-state index is 0.108. The average Bonchev–Trinajstić information content (AvgIpc) is 2.85. The second kappa shape index (κ2) is 5.32. The van der Waals surface area contributed by atoms with Gasteiger partial charge in [0.1, 0.15) is 17.6 Å². The van der Waals surface area contributed by atoms with Crippen molar-refractivity contribution < 1.29 is 14.1 Å². The summed E-state index contributed by atoms with van der Waals surface area (Å²) in [4.78, 5) is 25.4. The Balaban J connectivity index is 1.60. The molecule has 0 unspecified atom stereocenters. The van der Waals surface area contributed by atoms with Gasteiger partial charge < -0.3 is 18.7 Å². The Morgan fingerprint density at radius 2 is 2.05 bits per heavy atom. The van der Waals surface area contributed by atoms with Crippen molar-refractivity contribution in [3.05, 3.63) is 45.7 Å². The van der Waals surface area contributed by atoms with Crippen LogP contribution in [0.3, 0.4) is 0 Å². The Bertz CT molecular complexity index is 771. The van der Waals surface area contributed by atoms with Crippen molar-refractivity contribution in [2.45, 2.75) is 20.0 Å². The minimum Gasteiger partial charge on any atom is -0.486 e. The molecule has 0 bridgehead atoms. The largest absolute Gasteiger partial charge is 0.486 e. The molecule has 0 N–H and O–H groups in total. The lowest BCUT2D eigenvalue weighted by Gasteiger charge is -2.38. The fraction of sp³-hybridized carbons (Fsp3) is 0.400. The highest BCUT2D eigenvalue weighted by molar-refractivity contribution is 5.92. The number of carbonyl (C=O) groups excluding carboxylic acids is 1. The van der Waals surface area contributed by atoms with Gasteiger partial charge in [-0.15, -0.1) is 0 Å². The quantitative estimate of drug-likeness (QED) is 0.841. The number of hydrogen-bond donors (Lipinski definition) is 0. The number of aromatic nitrogens is 2. The van der Waals surface area contributed by atoms with Crippen LogP contribution in [0, 0.1) is 13.8 Å². The van der Waals surface area contributed by atoms with E-state index < -0.39 is 0 Å². The van der Waals surface area contributed by atoms with Gasteiger partial charge in [-0.05, 0) is 19.9 Å². The maximum Gasteiger partial charge on any atom is 0.276 e. The monoisotopic (exact) mass is 303 g/mol. The van der Waals surface area contributed by atoms with Crippen LogP contribution in [0.1, 0.15) is 21.9 Å². The molecular formula is C15H17N3O4. The molecule has 0 aliphatic carbocycles. The Kier molecular flexibility index (Phi) is 3.48. The fourth-order valence-electron chi connectivity index (χ4n) is 2.30. The SMILES string of the molecule is Cc1cc(C(=O)N2CC(Oc3cc(C)n(C)c(=O)c3)C2)no1. The van der Waals surface area contributed by atoms with E-state index in [1.165, 1.54) is 6.07 Å². The van der Waals surface area contributed by atoms with E-state index in [-0.39, 0.29) is 17.6 Å². The molecule has 0 aromatic carbocycles. The van der Waals surface area contributed by atoms with Crippen molar-refractivity contribution in [1.82, 2.24) is 14.6 Å². The zero-order chi connectivity index (χ0) is 15.9. The number of nitrogens with zero attached hydrogens (tertiary/aromatic N) is 3. The van der Waals surface area contributed by atoms with Crippen LogP contribution in [0.25, 0.3) is 0 Å². The molecule has 2 aromatic rings. The van der Waals surface area contributed by atoms with Gasteiger partial charge in [0.25, 0.3) is 11.5 Å². The topological polar surface area (TPSA) is 77.6 Å². The summed E-state index contributed by atoms with van der Waals surface area (Å²) >= 11 is 0. The van der Waals surface area contributed by atoms with E-state index in [2.05, 4.69) is 5.16 Å². The first-order valence-corrected chi connectivity index (χ1v) is 7.01. The number of carbonyl (C=O) groups is 1. The highest BCUT2D eigenvalue weighted by Gasteiger charge is 2.34. The molecule has 3 rings (SSSR count). The van der Waals surface area contributed by atoms with Gasteiger partial charge in [0.15, 0.2) is 5.69 Å². The highest BCUT2D eigenvalue weighted by Crippen LogP contribution is 2.19. The van der Waals surface area contributed by atoms with Crippen molar-refractivity contribution in [3.8, 4) is 5.75 Å². The average molecular weight is 303 g/mol. The molecular weight excluding hydrogens is 286 g/mol. The molecule has 1 fully saturated rings. The van der Waals surface area contributed by atoms with Crippen LogP contribution >= 0.6 is 0 Å². The first kappa shape index (κ1) is 14.4. The Morgan fingerprint density at radius 1 is 1.32 bits per heavy atom. The Labute approximate surface area is 127 Å². The zero-order valence-corrected chi connectivity index (χ0v) is 12.7. The summed E-state index contributed by atoms with van der Waals surface area (Å²) in [6.07, 6.45) is -0.108. The van der Waals surface area contributed by atoms with Crippen molar-refractivity contribution in [1.29, 1.82) is 0 Å². The van der Waals surface area contributed by atoms with E-state index in [4.69, 9.17) is 9.26 Å². The second-order valence-corrected chi connectivity index (χ2v) is 5.50. The maximum absolute atomic E-state index is 12.1. The molecule has 7 nitrogen and oxygen atoms in total. The number of likely N-dealkylation sites (tertiary alicyclic amines) is 1. The lowest BCUT2D eigenvalue weighted by molar-refractivity contribution is 0.0169. The molecule has 1 aliphatic rings. The van der Waals surface area contributed by atoms with Crippen LogP contribution in [0.15, 0.2) is 27.5 Å². The first-order valence-electron chi connectivity index (χ1n) is 7.01. The lowest BCUT2D eigenvalue weighted by Crippen LogP contribution is -2.56. The summed E-state index contributed by atoms with van der Waals surface area (Å²) < 4.78 is 12.2. The van der Waals surface area contributed by atoms with Crippen molar-refractivity contribution >= 4 is 5.91 Å². The first-order chi connectivity index (χ1) is 10.4. The molecule has 3 heterocycles. The van der Waals surface area contributed by atoms with E-state index in [1.807, 2.05) is 13.0 Å². The third-order valence-electron chi connectivity index (χ3n) is 3.76. The molecule has 7 heteroatoms. The van der Waals surface area contributed by atoms with Gasteiger partial charge in [0.2, 0.25) is 0 Å². The summed E-state index contributed by atoms with van der Waals surface area (Å²) in [6.45, 7) is 4.53. The molecule has 0 saturated carbocycles. The smallest absolute Gasteiger partial charge is 0.276 e. The van der Waals surface area contributed by atoms with E-state index in [0.717, 1.165) is 5.69 Å². The normalized spacial score (nSPS) is 14.8. The van der Waals surface area contributed by atoms with Gasteiger partial charge in [-0.25, -0.2) is 0 Å². The van der Waals surface area contributed by atoms with E-state index in [9.17, 15) is 9.59 Å². The molecule has 0 atom stereocenters. The van der Waals surface area contributed by atoms with E-state index >= 15 is 0 Å². The molecule has 1 amide bonds. The summed E-state index contributed by atoms with van der Waals surface area (Å²) in [5.74, 6) is 0.971. The van der Waals surface area contributed by atoms with Crippen LogP contribution in [-0.2, 0) is 7.05 Å². The van der Waals surface area contributed by atoms with E-state index in [0.29, 0.717) is 30.3 Å². The third-order valence-corrected chi connectivity index (χ3v) is 3.76. The van der Waals surface area contributed by atoms with E-state index in [1.54, 1.807) is 29.5 Å². The maximum atomic E-state index is 12.1. The van der Waals surface area contributed by atoms with Crippen LogP contribution in [-0.4, -0.2) is 39.7 Å². The van der Waals surface area contributed by atoms with Crippen LogP contribution in [0.2, 0.25) is 0 Å². The highest BCUT2D eigenvalue weighted by atomic mass is 16.5. The Morgan fingerprint density at radius 3 is 2.64 bits per heavy atom. The zero-order valence-electron chi connectivity index (χ0n) is 12.7. The van der Waals surface area contributed by atoms with Crippen LogP contribution in [0.4, 0.5) is 0 Å². The predicted molar refractivity (Wildman–Crippen MR) is 78.0 cm³/mol. The van der Waals surface area contributed by atoms with Crippen molar-refractivity contribution in [3.63, 3.8) is 0 Å². The van der Waals surface area contributed by atoms with Crippen molar-refractivity contribution in [2.24, 2.45) is 7.05 Å². The summed E-state index contributed by atoms with van der Waals surface area (Å²) in [6, 6.07) is 4.88. The van der Waals surface area contributed by atoms with Gasteiger partial charge >= 0.3 is 0 Å². The standard InChI is InChI=1S/C15H17N3O4/c1-9-4-11(6-14(19)17(9)3)21-12-7-18(8-12)15(20)13-5-10(2)22-16-13/h4-6,12H,7-8H2,1-3H3. The van der Waals surface area contributed by atoms with Gasteiger partial charge in [0, 0.05) is 24.9 Å². The summed E-state index contributed by atoms with van der Waals surface area (Å²) in [7, 11) is 1.71. The second-order valence-electron chi connectivity index (χ2n) is 5.50. The molecule has 0 spiro atoms. The third kappa shape index (κ3) is 2.61. The molecule has 2 aromatic heterocycles. The van der Waals surface area contributed by atoms with Gasteiger partial charge in [-0.3, -0.25) is 9.59 Å². The van der Waals surface area contributed by atoms with Crippen LogP contribution < -0.4 is 10.3 Å².